The molecule has 4 aromatic heterocycles. The summed E-state index contributed by atoms with van der Waals surface area (Å²) in [5.74, 6) is 1.58. The second-order valence-electron chi connectivity index (χ2n) is 6.99. The SMILES string of the molecule is CC1COCCN1c1cc(-c2ccnn2C)nc(-c2ccnc3[nH]ccc23)n1. The second-order valence-corrected chi connectivity index (χ2v) is 6.99. The van der Waals surface area contributed by atoms with Gasteiger partial charge in [-0.05, 0) is 25.1 Å². The molecule has 1 aliphatic heterocycles. The summed E-state index contributed by atoms with van der Waals surface area (Å²) in [5.41, 5.74) is 3.58. The van der Waals surface area contributed by atoms with E-state index in [0.717, 1.165) is 40.3 Å². The van der Waals surface area contributed by atoms with Gasteiger partial charge in [-0.1, -0.05) is 0 Å². The summed E-state index contributed by atoms with van der Waals surface area (Å²) >= 11 is 0. The first-order chi connectivity index (χ1) is 13.7. The minimum Gasteiger partial charge on any atom is -0.377 e. The molecule has 1 aliphatic rings. The molecule has 0 aliphatic carbocycles. The lowest BCUT2D eigenvalue weighted by atomic mass is 10.1. The Morgan fingerprint density at radius 1 is 1.18 bits per heavy atom. The number of anilines is 1. The van der Waals surface area contributed by atoms with Crippen molar-refractivity contribution in [1.29, 1.82) is 0 Å². The molecule has 8 nitrogen and oxygen atoms in total. The highest BCUT2D eigenvalue weighted by molar-refractivity contribution is 5.91. The van der Waals surface area contributed by atoms with Crippen LogP contribution in [0.15, 0.2) is 42.9 Å². The molecule has 8 heteroatoms. The molecular weight excluding hydrogens is 354 g/mol. The van der Waals surface area contributed by atoms with E-state index in [-0.39, 0.29) is 6.04 Å². The third-order valence-electron chi connectivity index (χ3n) is 5.16. The van der Waals surface area contributed by atoms with Gasteiger partial charge in [-0.25, -0.2) is 15.0 Å². The zero-order chi connectivity index (χ0) is 19.1. The molecule has 1 unspecified atom stereocenters. The van der Waals surface area contributed by atoms with E-state index in [1.165, 1.54) is 0 Å². The van der Waals surface area contributed by atoms with Crippen molar-refractivity contribution in [2.24, 2.45) is 7.05 Å². The van der Waals surface area contributed by atoms with Gasteiger partial charge in [0.1, 0.15) is 11.5 Å². The summed E-state index contributed by atoms with van der Waals surface area (Å²) in [5, 5.41) is 5.31. The van der Waals surface area contributed by atoms with E-state index in [1.807, 2.05) is 42.2 Å². The molecule has 5 heterocycles. The number of nitrogens with one attached hydrogen (secondary N) is 1. The normalized spacial score (nSPS) is 17.4. The van der Waals surface area contributed by atoms with Crippen LogP contribution in [0, 0.1) is 0 Å². The van der Waals surface area contributed by atoms with Gasteiger partial charge in [-0.15, -0.1) is 0 Å². The van der Waals surface area contributed by atoms with Gasteiger partial charge in [0.25, 0.3) is 0 Å². The summed E-state index contributed by atoms with van der Waals surface area (Å²) in [6, 6.07) is 8.23. The van der Waals surface area contributed by atoms with Crippen molar-refractivity contribution in [1.82, 2.24) is 29.7 Å². The summed E-state index contributed by atoms with van der Waals surface area (Å²) in [6.45, 7) is 4.35. The molecule has 1 saturated heterocycles. The molecule has 142 valence electrons. The van der Waals surface area contributed by atoms with E-state index in [4.69, 9.17) is 14.7 Å². The minimum absolute atomic E-state index is 0.251. The number of rotatable bonds is 3. The first kappa shape index (κ1) is 16.9. The van der Waals surface area contributed by atoms with Crippen LogP contribution in [-0.4, -0.2) is 55.5 Å². The number of ether oxygens (including phenoxy) is 1. The Hall–Kier alpha value is -3.26. The lowest BCUT2D eigenvalue weighted by molar-refractivity contribution is 0.0985. The van der Waals surface area contributed by atoms with Crippen LogP contribution in [0.4, 0.5) is 5.82 Å². The molecule has 1 fully saturated rings. The predicted octanol–water partition coefficient (Wildman–Crippen LogP) is 2.65. The Kier molecular flexibility index (Phi) is 4.05. The molecule has 0 bridgehead atoms. The first-order valence-corrected chi connectivity index (χ1v) is 9.35. The quantitative estimate of drug-likeness (QED) is 0.593. The lowest BCUT2D eigenvalue weighted by Gasteiger charge is -2.34. The van der Waals surface area contributed by atoms with E-state index in [0.29, 0.717) is 19.0 Å². The molecule has 0 aromatic carbocycles. The number of hydrogen-bond donors (Lipinski definition) is 1. The minimum atomic E-state index is 0.251. The summed E-state index contributed by atoms with van der Waals surface area (Å²) < 4.78 is 7.44. The molecule has 5 rings (SSSR count). The Morgan fingerprint density at radius 3 is 2.93 bits per heavy atom. The Balaban J connectivity index is 1.71. The highest BCUT2D eigenvalue weighted by Crippen LogP contribution is 2.30. The molecule has 4 aromatic rings. The van der Waals surface area contributed by atoms with Crippen molar-refractivity contribution in [3.63, 3.8) is 0 Å². The van der Waals surface area contributed by atoms with Gasteiger partial charge < -0.3 is 14.6 Å². The summed E-state index contributed by atoms with van der Waals surface area (Å²) in [7, 11) is 1.92. The second kappa shape index (κ2) is 6.72. The standard InChI is InChI=1S/C20H21N7O/c1-13-12-28-10-9-27(13)18-11-16(17-5-8-23-26(17)2)24-20(25-18)15-4-7-22-19-14(15)3-6-21-19/h3-8,11,13H,9-10,12H2,1-2H3,(H,21,22). The number of aromatic amines is 1. The van der Waals surface area contributed by atoms with E-state index >= 15 is 0 Å². The molecular formula is C20H21N7O. The van der Waals surface area contributed by atoms with Crippen molar-refractivity contribution in [2.75, 3.05) is 24.7 Å². The Bertz CT molecular complexity index is 1130. The Labute approximate surface area is 162 Å². The number of aromatic nitrogens is 6. The topological polar surface area (TPSA) is 84.8 Å². The van der Waals surface area contributed by atoms with Crippen LogP contribution in [0.3, 0.4) is 0 Å². The smallest absolute Gasteiger partial charge is 0.163 e. The predicted molar refractivity (Wildman–Crippen MR) is 107 cm³/mol. The lowest BCUT2D eigenvalue weighted by Crippen LogP contribution is -2.44. The third kappa shape index (κ3) is 2.82. The van der Waals surface area contributed by atoms with Crippen LogP contribution in [0.2, 0.25) is 0 Å². The maximum Gasteiger partial charge on any atom is 0.163 e. The van der Waals surface area contributed by atoms with E-state index in [2.05, 4.69) is 26.9 Å². The highest BCUT2D eigenvalue weighted by Gasteiger charge is 2.23. The third-order valence-corrected chi connectivity index (χ3v) is 5.16. The zero-order valence-electron chi connectivity index (χ0n) is 15.8. The van der Waals surface area contributed by atoms with Crippen LogP contribution in [-0.2, 0) is 11.8 Å². The molecule has 0 saturated carbocycles. The molecule has 0 amide bonds. The largest absolute Gasteiger partial charge is 0.377 e. The van der Waals surface area contributed by atoms with Crippen LogP contribution in [0.5, 0.6) is 0 Å². The fourth-order valence-corrected chi connectivity index (χ4v) is 3.68. The number of aryl methyl sites for hydroxylation is 1. The number of nitrogens with zero attached hydrogens (tertiary/aromatic N) is 6. The molecule has 0 radical (unpaired) electrons. The highest BCUT2D eigenvalue weighted by atomic mass is 16.5. The van der Waals surface area contributed by atoms with Crippen LogP contribution < -0.4 is 4.90 Å². The van der Waals surface area contributed by atoms with Gasteiger partial charge in [-0.2, -0.15) is 5.10 Å². The average molecular weight is 375 g/mol. The van der Waals surface area contributed by atoms with E-state index < -0.39 is 0 Å². The fraction of sp³-hybridized carbons (Fsp3) is 0.300. The summed E-state index contributed by atoms with van der Waals surface area (Å²) in [4.78, 5) is 19.6. The maximum absolute atomic E-state index is 5.61. The van der Waals surface area contributed by atoms with Crippen molar-refractivity contribution in [2.45, 2.75) is 13.0 Å². The average Bonchev–Trinajstić information content (AvgIpc) is 3.36. The van der Waals surface area contributed by atoms with Gasteiger partial charge in [0.05, 0.1) is 30.6 Å². The van der Waals surface area contributed by atoms with E-state index in [9.17, 15) is 0 Å². The van der Waals surface area contributed by atoms with Crippen LogP contribution >= 0.6 is 0 Å². The van der Waals surface area contributed by atoms with Gasteiger partial charge in [0, 0.05) is 49.2 Å². The number of fused-ring (bicyclic) bond motifs is 1. The number of H-pyrrole nitrogens is 1. The Morgan fingerprint density at radius 2 is 2.11 bits per heavy atom. The van der Waals surface area contributed by atoms with Crippen molar-refractivity contribution in [3.8, 4) is 22.8 Å². The number of morpholine rings is 1. The van der Waals surface area contributed by atoms with Gasteiger partial charge in [0.15, 0.2) is 5.82 Å². The number of hydrogen-bond acceptors (Lipinski definition) is 6. The molecule has 1 N–H and O–H groups in total. The van der Waals surface area contributed by atoms with Gasteiger partial charge >= 0.3 is 0 Å². The first-order valence-electron chi connectivity index (χ1n) is 9.35. The van der Waals surface area contributed by atoms with Crippen LogP contribution in [0.25, 0.3) is 33.8 Å². The number of pyridine rings is 1. The maximum atomic E-state index is 5.61. The van der Waals surface area contributed by atoms with Gasteiger partial charge in [-0.3, -0.25) is 4.68 Å². The molecule has 0 spiro atoms. The summed E-state index contributed by atoms with van der Waals surface area (Å²) in [6.07, 6.45) is 5.45. The van der Waals surface area contributed by atoms with Crippen molar-refractivity contribution in [3.05, 3.63) is 42.9 Å². The fourth-order valence-electron chi connectivity index (χ4n) is 3.68. The zero-order valence-corrected chi connectivity index (χ0v) is 15.8. The van der Waals surface area contributed by atoms with Gasteiger partial charge in [0.2, 0.25) is 0 Å². The molecule has 28 heavy (non-hydrogen) atoms. The monoisotopic (exact) mass is 375 g/mol. The van der Waals surface area contributed by atoms with Crippen molar-refractivity contribution < 1.29 is 4.74 Å². The van der Waals surface area contributed by atoms with Crippen LogP contribution in [0.1, 0.15) is 6.92 Å². The van der Waals surface area contributed by atoms with E-state index in [1.54, 1.807) is 12.4 Å². The van der Waals surface area contributed by atoms with Crippen molar-refractivity contribution >= 4 is 16.9 Å². The molecule has 1 atom stereocenters.